The first-order valence-electron chi connectivity index (χ1n) is 8.39. The fourth-order valence-electron chi connectivity index (χ4n) is 3.28. The summed E-state index contributed by atoms with van der Waals surface area (Å²) >= 11 is 1.57. The molecule has 1 fully saturated rings. The molecule has 2 atom stereocenters. The summed E-state index contributed by atoms with van der Waals surface area (Å²) in [5.41, 5.74) is 0.244. The van der Waals surface area contributed by atoms with Gasteiger partial charge >= 0.3 is 5.97 Å². The van der Waals surface area contributed by atoms with E-state index in [0.29, 0.717) is 0 Å². The van der Waals surface area contributed by atoms with Crippen LogP contribution in [-0.4, -0.2) is 25.0 Å². The predicted octanol–water partition coefficient (Wildman–Crippen LogP) is 3.70. The van der Waals surface area contributed by atoms with Crippen molar-refractivity contribution >= 4 is 27.3 Å². The van der Waals surface area contributed by atoms with Crippen molar-refractivity contribution in [3.63, 3.8) is 0 Å². The smallest absolute Gasteiger partial charge is 0.325 e. The number of sulfonamides is 1. The Morgan fingerprint density at radius 1 is 1.04 bits per heavy atom. The number of aliphatic carboxylic acids is 1. The number of nitrogens with one attached hydrogen (secondary N) is 1. The highest BCUT2D eigenvalue weighted by atomic mass is 32.2. The van der Waals surface area contributed by atoms with Gasteiger partial charge in [0.1, 0.15) is 5.54 Å². The largest absolute Gasteiger partial charge is 0.480 e. The van der Waals surface area contributed by atoms with Crippen LogP contribution < -0.4 is 4.72 Å². The van der Waals surface area contributed by atoms with Crippen LogP contribution in [0.25, 0.3) is 10.4 Å². The molecule has 0 radical (unpaired) electrons. The van der Waals surface area contributed by atoms with Gasteiger partial charge in [-0.3, -0.25) is 4.79 Å². The Morgan fingerprint density at radius 3 is 2.33 bits per heavy atom. The van der Waals surface area contributed by atoms with Crippen molar-refractivity contribution in [3.05, 3.63) is 77.7 Å². The SMILES string of the molecule is O=C(O)C1(NS(=O)(=O)c2ccc(-c3cccs3)cc2)C[C@H]1c1ccccc1. The van der Waals surface area contributed by atoms with Crippen LogP contribution in [0.5, 0.6) is 0 Å². The molecule has 0 saturated heterocycles. The molecule has 7 heteroatoms. The average molecular weight is 399 g/mol. The normalized spacial score (nSPS) is 21.7. The summed E-state index contributed by atoms with van der Waals surface area (Å²) in [5, 5.41) is 11.6. The molecule has 0 aliphatic heterocycles. The van der Waals surface area contributed by atoms with Gasteiger partial charge in [-0.05, 0) is 41.1 Å². The van der Waals surface area contributed by atoms with Crippen molar-refractivity contribution < 1.29 is 18.3 Å². The van der Waals surface area contributed by atoms with Gasteiger partial charge in [-0.2, -0.15) is 4.72 Å². The standard InChI is InChI=1S/C20H17NO4S2/c22-19(23)20(13-17(20)14-5-2-1-3-6-14)21-27(24,25)16-10-8-15(9-11-16)18-7-4-12-26-18/h1-12,17,21H,13H2,(H,22,23)/t17-,20?/m0/s1. The summed E-state index contributed by atoms with van der Waals surface area (Å²) in [7, 11) is -3.95. The lowest BCUT2D eigenvalue weighted by atomic mass is 10.1. The molecule has 2 aromatic carbocycles. The maximum atomic E-state index is 12.8. The fraction of sp³-hybridized carbons (Fsp3) is 0.150. The molecule has 1 unspecified atom stereocenters. The first-order valence-corrected chi connectivity index (χ1v) is 10.7. The summed E-state index contributed by atoms with van der Waals surface area (Å²) < 4.78 is 28.0. The van der Waals surface area contributed by atoms with E-state index in [0.717, 1.165) is 16.0 Å². The van der Waals surface area contributed by atoms with Gasteiger partial charge in [0.25, 0.3) is 0 Å². The Labute approximate surface area is 161 Å². The zero-order chi connectivity index (χ0) is 19.1. The zero-order valence-electron chi connectivity index (χ0n) is 14.2. The van der Waals surface area contributed by atoms with Crippen molar-refractivity contribution in [3.8, 4) is 10.4 Å². The van der Waals surface area contributed by atoms with Gasteiger partial charge in [-0.15, -0.1) is 11.3 Å². The molecule has 1 saturated carbocycles. The number of carboxylic acid groups (broad SMARTS) is 1. The molecule has 1 aliphatic rings. The van der Waals surface area contributed by atoms with Gasteiger partial charge < -0.3 is 5.11 Å². The number of carbonyl (C=O) groups is 1. The van der Waals surface area contributed by atoms with Crippen LogP contribution in [0.1, 0.15) is 17.9 Å². The van der Waals surface area contributed by atoms with Gasteiger partial charge in [0, 0.05) is 10.8 Å². The van der Waals surface area contributed by atoms with E-state index in [1.807, 2.05) is 47.8 Å². The zero-order valence-corrected chi connectivity index (χ0v) is 15.8. The monoisotopic (exact) mass is 399 g/mol. The number of rotatable bonds is 6. The lowest BCUT2D eigenvalue weighted by Gasteiger charge is -2.15. The quantitative estimate of drug-likeness (QED) is 0.662. The predicted molar refractivity (Wildman–Crippen MR) is 104 cm³/mol. The van der Waals surface area contributed by atoms with Gasteiger partial charge in [0.05, 0.1) is 4.90 Å². The first kappa shape index (κ1) is 17.9. The number of thiophene rings is 1. The molecule has 0 bridgehead atoms. The molecule has 2 N–H and O–H groups in total. The van der Waals surface area contributed by atoms with Crippen molar-refractivity contribution in [2.45, 2.75) is 22.8 Å². The molecule has 27 heavy (non-hydrogen) atoms. The number of hydrogen-bond donors (Lipinski definition) is 2. The first-order chi connectivity index (χ1) is 12.9. The summed E-state index contributed by atoms with van der Waals surface area (Å²) in [6, 6.07) is 19.5. The van der Waals surface area contributed by atoms with Gasteiger partial charge in [-0.1, -0.05) is 48.5 Å². The second-order valence-electron chi connectivity index (χ2n) is 6.55. The van der Waals surface area contributed by atoms with Crippen LogP contribution in [0.2, 0.25) is 0 Å². The molecule has 1 aliphatic carbocycles. The van der Waals surface area contributed by atoms with Crippen LogP contribution >= 0.6 is 11.3 Å². The Hall–Kier alpha value is -2.48. The lowest BCUT2D eigenvalue weighted by Crippen LogP contribution is -2.44. The third kappa shape index (κ3) is 3.29. The molecular weight excluding hydrogens is 382 g/mol. The summed E-state index contributed by atoms with van der Waals surface area (Å²) in [6.45, 7) is 0. The van der Waals surface area contributed by atoms with E-state index in [-0.39, 0.29) is 17.2 Å². The number of benzene rings is 2. The summed E-state index contributed by atoms with van der Waals surface area (Å²) in [6.07, 6.45) is 0.235. The van der Waals surface area contributed by atoms with Crippen LogP contribution in [0.4, 0.5) is 0 Å². The number of carboxylic acids is 1. The summed E-state index contributed by atoms with van der Waals surface area (Å²) in [5.74, 6) is -1.54. The second-order valence-corrected chi connectivity index (χ2v) is 9.18. The molecule has 138 valence electrons. The minimum Gasteiger partial charge on any atom is -0.480 e. The van der Waals surface area contributed by atoms with Crippen molar-refractivity contribution in [2.24, 2.45) is 0 Å². The highest BCUT2D eigenvalue weighted by molar-refractivity contribution is 7.89. The highest BCUT2D eigenvalue weighted by Crippen LogP contribution is 2.52. The van der Waals surface area contributed by atoms with Gasteiger partial charge in [0.15, 0.2) is 0 Å². The van der Waals surface area contributed by atoms with E-state index in [2.05, 4.69) is 4.72 Å². The Bertz CT molecular complexity index is 1060. The highest BCUT2D eigenvalue weighted by Gasteiger charge is 2.63. The summed E-state index contributed by atoms with van der Waals surface area (Å²) in [4.78, 5) is 13.0. The molecule has 1 heterocycles. The van der Waals surface area contributed by atoms with Crippen LogP contribution in [-0.2, 0) is 14.8 Å². The topological polar surface area (TPSA) is 83.5 Å². The minimum atomic E-state index is -3.95. The molecule has 4 rings (SSSR count). The number of hydrogen-bond acceptors (Lipinski definition) is 4. The molecule has 5 nitrogen and oxygen atoms in total. The van der Waals surface area contributed by atoms with Crippen LogP contribution in [0.15, 0.2) is 77.0 Å². The van der Waals surface area contributed by atoms with E-state index in [9.17, 15) is 18.3 Å². The maximum absolute atomic E-state index is 12.8. The Morgan fingerprint density at radius 2 is 1.74 bits per heavy atom. The second kappa shape index (κ2) is 6.60. The Balaban J connectivity index is 1.59. The Kier molecular flexibility index (Phi) is 4.38. The van der Waals surface area contributed by atoms with E-state index in [1.165, 1.54) is 12.1 Å². The van der Waals surface area contributed by atoms with Crippen molar-refractivity contribution in [1.29, 1.82) is 0 Å². The molecule has 1 aromatic heterocycles. The van der Waals surface area contributed by atoms with E-state index in [4.69, 9.17) is 0 Å². The van der Waals surface area contributed by atoms with Gasteiger partial charge in [-0.25, -0.2) is 8.42 Å². The van der Waals surface area contributed by atoms with Crippen LogP contribution in [0.3, 0.4) is 0 Å². The van der Waals surface area contributed by atoms with Crippen LogP contribution in [0, 0.1) is 0 Å². The average Bonchev–Trinajstić information content (AvgIpc) is 3.13. The molecule has 0 spiro atoms. The molecule has 0 amide bonds. The minimum absolute atomic E-state index is 0.0575. The third-order valence-electron chi connectivity index (χ3n) is 4.83. The molecule has 3 aromatic rings. The van der Waals surface area contributed by atoms with E-state index >= 15 is 0 Å². The maximum Gasteiger partial charge on any atom is 0.325 e. The fourth-order valence-corrected chi connectivity index (χ4v) is 5.42. The molecular formula is C20H17NO4S2. The van der Waals surface area contributed by atoms with Gasteiger partial charge in [0.2, 0.25) is 10.0 Å². The lowest BCUT2D eigenvalue weighted by molar-refractivity contribution is -0.140. The van der Waals surface area contributed by atoms with E-state index < -0.39 is 21.5 Å². The van der Waals surface area contributed by atoms with E-state index in [1.54, 1.807) is 23.5 Å². The third-order valence-corrected chi connectivity index (χ3v) is 7.28. The van der Waals surface area contributed by atoms with Crippen molar-refractivity contribution in [1.82, 2.24) is 4.72 Å². The van der Waals surface area contributed by atoms with Crippen molar-refractivity contribution in [2.75, 3.05) is 0 Å².